The predicted molar refractivity (Wildman–Crippen MR) is 311 cm³/mol. The molecule has 0 saturated carbocycles. The van der Waals surface area contributed by atoms with Crippen molar-refractivity contribution in [2.45, 2.75) is 325 Å². The molecule has 0 aliphatic carbocycles. The Morgan fingerprint density at radius 1 is 0.286 bits per heavy atom. The fourth-order valence-corrected chi connectivity index (χ4v) is 8.66. The zero-order valence-corrected chi connectivity index (χ0v) is 51.0. The molecule has 0 amide bonds. The van der Waals surface area contributed by atoms with Crippen LogP contribution in [0.4, 0.5) is 0 Å². The Bertz CT molecular complexity index is 1010. The summed E-state index contributed by atoms with van der Waals surface area (Å²) in [7, 11) is 0. The molecule has 0 spiro atoms. The number of hydrogen-bond donors (Lipinski definition) is 3. The van der Waals surface area contributed by atoms with Crippen molar-refractivity contribution in [1.82, 2.24) is 0 Å². The maximum absolute atomic E-state index is 10.5. The number of unbranched alkanes of at least 4 members (excludes halogenated alkanes) is 36. The average Bonchev–Trinajstić information content (AvgIpc) is 3.33. The summed E-state index contributed by atoms with van der Waals surface area (Å²) in [6, 6.07) is 0. The summed E-state index contributed by atoms with van der Waals surface area (Å²) in [5.74, 6) is -3.12. The number of carboxylic acid groups (broad SMARTS) is 3. The third-order valence-electron chi connectivity index (χ3n) is 12.8. The third-order valence-corrected chi connectivity index (χ3v) is 14.2. The quantitative estimate of drug-likeness (QED) is 0.0242. The van der Waals surface area contributed by atoms with Gasteiger partial charge in [-0.05, 0) is 96.3 Å². The van der Waals surface area contributed by atoms with E-state index in [0.29, 0.717) is 19.3 Å². The van der Waals surface area contributed by atoms with Crippen molar-refractivity contribution in [3.63, 3.8) is 0 Å². The molecule has 3 atom stereocenters. The van der Waals surface area contributed by atoms with E-state index in [1.54, 1.807) is 0 Å². The van der Waals surface area contributed by atoms with E-state index in [1.165, 1.54) is 231 Å². The molecule has 0 N–H and O–H groups in total. The van der Waals surface area contributed by atoms with Crippen molar-refractivity contribution in [3.05, 3.63) is 36.5 Å². The number of carboxylic acids is 3. The van der Waals surface area contributed by atoms with E-state index in [9.17, 15) is 29.7 Å². The monoisotopic (exact) mass is 1140 g/mol. The van der Waals surface area contributed by atoms with Gasteiger partial charge in [-0.1, -0.05) is 250 Å². The molecule has 0 aromatic rings. The van der Waals surface area contributed by atoms with Crippen molar-refractivity contribution in [3.8, 4) is 0 Å². The van der Waals surface area contributed by atoms with Gasteiger partial charge in [0.15, 0.2) is 0 Å². The normalized spacial score (nSPS) is 12.6. The van der Waals surface area contributed by atoms with Crippen LogP contribution >= 0.6 is 37.9 Å². The van der Waals surface area contributed by atoms with Crippen molar-refractivity contribution < 1.29 is 29.7 Å². The molecule has 0 aromatic carbocycles. The van der Waals surface area contributed by atoms with Crippen molar-refractivity contribution in [1.29, 1.82) is 0 Å². The standard InChI is InChI=1S/3C20H38O2S.Sb/c3*1-2-3-4-5-6-7-8-9-10-11-12-13-14-15-16-17-18-19(23)20(21)22;/h3*9-10,19,23H,2-8,11-18H2,1H3,(H,21,22);/q;;;+3/p-3. The summed E-state index contributed by atoms with van der Waals surface area (Å²) >= 11 is 11.9. The molecule has 2 radical (unpaired) electrons. The number of hydrogen-bond acceptors (Lipinski definition) is 9. The Hall–Kier alpha value is -0.502. The predicted octanol–water partition coefficient (Wildman–Crippen LogP) is 16.0. The van der Waals surface area contributed by atoms with Crippen LogP contribution in [-0.4, -0.2) is 58.1 Å². The molecule has 70 heavy (non-hydrogen) atoms. The minimum Gasteiger partial charge on any atom is -0.549 e. The van der Waals surface area contributed by atoms with Crippen LogP contribution in [0.15, 0.2) is 36.5 Å². The molecular weight excluding hydrogens is 1030 g/mol. The van der Waals surface area contributed by atoms with Crippen molar-refractivity contribution >= 4 is 80.2 Å². The van der Waals surface area contributed by atoms with Gasteiger partial charge in [-0.15, -0.1) is 0 Å². The van der Waals surface area contributed by atoms with Gasteiger partial charge >= 0.3 is 24.4 Å². The molecule has 10 heteroatoms. The Morgan fingerprint density at radius 3 is 0.586 bits per heavy atom. The topological polar surface area (TPSA) is 120 Å². The van der Waals surface area contributed by atoms with E-state index in [0.717, 1.165) is 38.5 Å². The molecule has 6 nitrogen and oxygen atoms in total. The molecule has 0 aliphatic heterocycles. The number of carbonyl (C=O) groups is 3. The van der Waals surface area contributed by atoms with Crippen LogP contribution in [0.25, 0.3) is 0 Å². The van der Waals surface area contributed by atoms with Gasteiger partial charge in [0.05, 0.1) is 17.9 Å². The fourth-order valence-electron chi connectivity index (χ4n) is 8.11. The van der Waals surface area contributed by atoms with Crippen LogP contribution in [0, 0.1) is 0 Å². The first-order valence-corrected chi connectivity index (χ1v) is 30.7. The zero-order chi connectivity index (χ0) is 51.5. The Morgan fingerprint density at radius 2 is 0.429 bits per heavy atom. The van der Waals surface area contributed by atoms with Crippen LogP contribution < -0.4 is 15.3 Å². The van der Waals surface area contributed by atoms with E-state index in [2.05, 4.69) is 95.1 Å². The largest absolute Gasteiger partial charge is 3.00 e. The number of carbonyl (C=O) groups excluding carboxylic acids is 3. The average molecular weight is 1150 g/mol. The summed E-state index contributed by atoms with van der Waals surface area (Å²) in [6.07, 6.45) is 69.4. The van der Waals surface area contributed by atoms with Crippen LogP contribution in [0.3, 0.4) is 0 Å². The maximum Gasteiger partial charge on any atom is 3.00 e. The molecule has 410 valence electrons. The number of rotatable bonds is 51. The van der Waals surface area contributed by atoms with Gasteiger partial charge in [-0.25, -0.2) is 0 Å². The molecule has 0 heterocycles. The number of thiol groups is 3. The molecule has 0 aromatic heterocycles. The van der Waals surface area contributed by atoms with Gasteiger partial charge in [-0.2, -0.15) is 37.9 Å². The van der Waals surface area contributed by atoms with Gasteiger partial charge in [0.1, 0.15) is 0 Å². The summed E-state index contributed by atoms with van der Waals surface area (Å²) in [4.78, 5) is 31.5. The minimum absolute atomic E-state index is 0. The Balaban J connectivity index is -0.000000463. The molecule has 0 saturated heterocycles. The van der Waals surface area contributed by atoms with Gasteiger partial charge < -0.3 is 29.7 Å². The van der Waals surface area contributed by atoms with E-state index < -0.39 is 33.7 Å². The second-order valence-corrected chi connectivity index (χ2v) is 21.6. The van der Waals surface area contributed by atoms with Crippen LogP contribution in [0.2, 0.25) is 0 Å². The van der Waals surface area contributed by atoms with Crippen LogP contribution in [-0.2, 0) is 14.4 Å². The van der Waals surface area contributed by atoms with Gasteiger partial charge in [-0.3, -0.25) is 0 Å². The zero-order valence-electron chi connectivity index (χ0n) is 45.8. The van der Waals surface area contributed by atoms with Crippen molar-refractivity contribution in [2.75, 3.05) is 0 Å². The second kappa shape index (κ2) is 66.5. The fraction of sp³-hybridized carbons (Fsp3) is 0.850. The third kappa shape index (κ3) is 69.6. The van der Waals surface area contributed by atoms with Crippen LogP contribution in [0.1, 0.15) is 310 Å². The minimum atomic E-state index is -1.04. The van der Waals surface area contributed by atoms with Gasteiger partial charge in [0.25, 0.3) is 0 Å². The Kier molecular flexibility index (Phi) is 72.2. The van der Waals surface area contributed by atoms with Gasteiger partial charge in [0.2, 0.25) is 0 Å². The van der Waals surface area contributed by atoms with E-state index >= 15 is 0 Å². The number of aliphatic carboxylic acids is 3. The van der Waals surface area contributed by atoms with Crippen molar-refractivity contribution in [2.24, 2.45) is 0 Å². The van der Waals surface area contributed by atoms with E-state index in [1.807, 2.05) is 0 Å². The van der Waals surface area contributed by atoms with E-state index in [-0.39, 0.29) is 24.4 Å². The first-order chi connectivity index (χ1) is 33.5. The molecule has 3 unspecified atom stereocenters. The first kappa shape index (κ1) is 76.0. The summed E-state index contributed by atoms with van der Waals surface area (Å²) < 4.78 is 0. The molecular formula is C60H111O6S3Sb. The second-order valence-electron chi connectivity index (χ2n) is 19.7. The molecule has 0 fully saturated rings. The SMILES string of the molecule is CCCCCCCCC=CCCCCCCCCC(S)C(=O)[O-].CCCCCCCCC=CCCCCCCCCC(S)C(=O)[O-].CCCCCCCCC=CCCCCCCCCC(S)C(=O)[O-].[Sb+3]. The smallest absolute Gasteiger partial charge is 0.549 e. The number of allylic oxidation sites excluding steroid dienone is 6. The summed E-state index contributed by atoms with van der Waals surface area (Å²) in [6.45, 7) is 6.78. The van der Waals surface area contributed by atoms with Crippen LogP contribution in [0.5, 0.6) is 0 Å². The summed E-state index contributed by atoms with van der Waals surface area (Å²) in [5, 5.41) is 29.7. The Labute approximate surface area is 468 Å². The van der Waals surface area contributed by atoms with Gasteiger partial charge in [0, 0.05) is 15.7 Å². The first-order valence-electron chi connectivity index (χ1n) is 29.2. The summed E-state index contributed by atoms with van der Waals surface area (Å²) in [5.41, 5.74) is 0. The maximum atomic E-state index is 10.5. The van der Waals surface area contributed by atoms with E-state index in [4.69, 9.17) is 0 Å². The molecule has 0 aliphatic rings. The molecule has 0 rings (SSSR count). The molecule has 0 bridgehead atoms.